The summed E-state index contributed by atoms with van der Waals surface area (Å²) < 4.78 is 0. The third kappa shape index (κ3) is 1.69. The van der Waals surface area contributed by atoms with Crippen LogP contribution >= 0.6 is 0 Å². The van der Waals surface area contributed by atoms with Crippen molar-refractivity contribution in [1.29, 1.82) is 0 Å². The van der Waals surface area contributed by atoms with Gasteiger partial charge >= 0.3 is 5.97 Å². The summed E-state index contributed by atoms with van der Waals surface area (Å²) >= 11 is 0. The zero-order valence-electron chi connectivity index (χ0n) is 9.14. The molecule has 1 aromatic heterocycles. The second-order valence-corrected chi connectivity index (χ2v) is 3.75. The summed E-state index contributed by atoms with van der Waals surface area (Å²) in [7, 11) is 3.56. The van der Waals surface area contributed by atoms with E-state index in [0.29, 0.717) is 5.82 Å². The summed E-state index contributed by atoms with van der Waals surface area (Å²) in [5, 5.41) is 9.95. The van der Waals surface area contributed by atoms with E-state index < -0.39 is 5.97 Å². The molecule has 0 radical (unpaired) electrons. The Morgan fingerprint density at radius 3 is 2.62 bits per heavy atom. The Kier molecular flexibility index (Phi) is 2.48. The van der Waals surface area contributed by atoms with E-state index in [1.165, 1.54) is 0 Å². The van der Waals surface area contributed by atoms with Crippen molar-refractivity contribution in [2.24, 2.45) is 0 Å². The maximum Gasteiger partial charge on any atom is 0.339 e. The summed E-state index contributed by atoms with van der Waals surface area (Å²) in [6, 6.07) is 9.13. The smallest absolute Gasteiger partial charge is 0.339 e. The molecule has 0 bridgehead atoms. The first-order chi connectivity index (χ1) is 7.59. The van der Waals surface area contributed by atoms with Crippen molar-refractivity contribution in [3.8, 4) is 0 Å². The third-order valence-electron chi connectivity index (χ3n) is 2.36. The molecule has 0 saturated heterocycles. The van der Waals surface area contributed by atoms with E-state index >= 15 is 0 Å². The van der Waals surface area contributed by atoms with Gasteiger partial charge in [0.15, 0.2) is 0 Å². The molecule has 0 amide bonds. The van der Waals surface area contributed by atoms with E-state index in [1.807, 2.05) is 24.3 Å². The largest absolute Gasteiger partial charge is 0.478 e. The van der Waals surface area contributed by atoms with Gasteiger partial charge in [-0.2, -0.15) is 0 Å². The number of pyridine rings is 1. The van der Waals surface area contributed by atoms with E-state index in [9.17, 15) is 4.79 Å². The van der Waals surface area contributed by atoms with E-state index in [4.69, 9.17) is 5.11 Å². The Balaban J connectivity index is 2.76. The number of aromatic nitrogens is 1. The predicted molar refractivity (Wildman–Crippen MR) is 63.0 cm³/mol. The number of carboxylic acids is 1. The number of carboxylic acid groups (broad SMARTS) is 1. The van der Waals surface area contributed by atoms with Gasteiger partial charge in [-0.05, 0) is 12.1 Å². The van der Waals surface area contributed by atoms with E-state index in [2.05, 4.69) is 4.98 Å². The fraction of sp³-hybridized carbons (Fsp3) is 0.167. The molecule has 1 heterocycles. The first-order valence-corrected chi connectivity index (χ1v) is 4.90. The third-order valence-corrected chi connectivity index (χ3v) is 2.36. The van der Waals surface area contributed by atoms with Gasteiger partial charge in [0.25, 0.3) is 0 Å². The van der Waals surface area contributed by atoms with Crippen LogP contribution in [0.3, 0.4) is 0 Å². The van der Waals surface area contributed by atoms with Crippen LogP contribution in [0.2, 0.25) is 0 Å². The molecule has 0 aliphatic carbocycles. The van der Waals surface area contributed by atoms with Crippen molar-refractivity contribution in [2.75, 3.05) is 19.0 Å². The molecule has 0 atom stereocenters. The van der Waals surface area contributed by atoms with Crippen LogP contribution in [-0.4, -0.2) is 30.2 Å². The van der Waals surface area contributed by atoms with Crippen LogP contribution in [0.5, 0.6) is 0 Å². The Bertz CT molecular complexity index is 550. The molecule has 4 heteroatoms. The number of hydrogen-bond donors (Lipinski definition) is 1. The SMILES string of the molecule is CN(C)c1nc2ccccc2cc1C(=O)O. The number of hydrogen-bond acceptors (Lipinski definition) is 3. The zero-order chi connectivity index (χ0) is 11.7. The van der Waals surface area contributed by atoms with Crippen LogP contribution in [0.1, 0.15) is 10.4 Å². The molecule has 0 aliphatic heterocycles. The minimum atomic E-state index is -0.957. The molecule has 82 valence electrons. The van der Waals surface area contributed by atoms with Crippen molar-refractivity contribution >= 4 is 22.7 Å². The quantitative estimate of drug-likeness (QED) is 0.834. The second-order valence-electron chi connectivity index (χ2n) is 3.75. The number of benzene rings is 1. The van der Waals surface area contributed by atoms with Crippen molar-refractivity contribution in [3.05, 3.63) is 35.9 Å². The van der Waals surface area contributed by atoms with Gasteiger partial charge in [0.1, 0.15) is 11.4 Å². The molecule has 0 fully saturated rings. The second kappa shape index (κ2) is 3.81. The molecule has 0 saturated carbocycles. The maximum atomic E-state index is 11.1. The van der Waals surface area contributed by atoms with Gasteiger partial charge in [0.2, 0.25) is 0 Å². The van der Waals surface area contributed by atoms with Crippen LogP contribution in [-0.2, 0) is 0 Å². The highest BCUT2D eigenvalue weighted by Gasteiger charge is 2.14. The fourth-order valence-corrected chi connectivity index (χ4v) is 1.60. The molecule has 0 aliphatic rings. The van der Waals surface area contributed by atoms with Crippen LogP contribution in [0.15, 0.2) is 30.3 Å². The van der Waals surface area contributed by atoms with Gasteiger partial charge in [-0.1, -0.05) is 18.2 Å². The highest BCUT2D eigenvalue weighted by molar-refractivity contribution is 5.98. The van der Waals surface area contributed by atoms with Crippen molar-refractivity contribution in [1.82, 2.24) is 4.98 Å². The summed E-state index contributed by atoms with van der Waals surface area (Å²) in [4.78, 5) is 17.1. The van der Waals surface area contributed by atoms with Crippen molar-refractivity contribution in [2.45, 2.75) is 0 Å². The van der Waals surface area contributed by atoms with Gasteiger partial charge in [0.05, 0.1) is 5.52 Å². The van der Waals surface area contributed by atoms with Gasteiger partial charge in [-0.15, -0.1) is 0 Å². The number of fused-ring (bicyclic) bond motifs is 1. The molecule has 1 N–H and O–H groups in total. The highest BCUT2D eigenvalue weighted by Crippen LogP contribution is 2.22. The number of nitrogens with zero attached hydrogens (tertiary/aromatic N) is 2. The minimum Gasteiger partial charge on any atom is -0.478 e. The molecule has 4 nitrogen and oxygen atoms in total. The summed E-state index contributed by atoms with van der Waals surface area (Å²) in [6.07, 6.45) is 0. The summed E-state index contributed by atoms with van der Waals surface area (Å²) in [6.45, 7) is 0. The van der Waals surface area contributed by atoms with Gasteiger partial charge in [-0.3, -0.25) is 0 Å². The number of rotatable bonds is 2. The molecular formula is C12H12N2O2. The lowest BCUT2D eigenvalue weighted by atomic mass is 10.1. The number of carbonyl (C=O) groups is 1. The Labute approximate surface area is 93.1 Å². The molecule has 2 rings (SSSR count). The average molecular weight is 216 g/mol. The fourth-order valence-electron chi connectivity index (χ4n) is 1.60. The van der Waals surface area contributed by atoms with Gasteiger partial charge in [-0.25, -0.2) is 9.78 Å². The Hall–Kier alpha value is -2.10. The molecule has 0 spiro atoms. The minimum absolute atomic E-state index is 0.226. The Morgan fingerprint density at radius 1 is 1.31 bits per heavy atom. The first kappa shape index (κ1) is 10.4. The maximum absolute atomic E-state index is 11.1. The van der Waals surface area contributed by atoms with Gasteiger partial charge in [0, 0.05) is 19.5 Å². The number of para-hydroxylation sites is 1. The topological polar surface area (TPSA) is 53.4 Å². The van der Waals surface area contributed by atoms with E-state index in [-0.39, 0.29) is 5.56 Å². The van der Waals surface area contributed by atoms with Crippen LogP contribution < -0.4 is 4.90 Å². The number of aromatic carboxylic acids is 1. The van der Waals surface area contributed by atoms with E-state index in [0.717, 1.165) is 10.9 Å². The van der Waals surface area contributed by atoms with Crippen LogP contribution in [0.25, 0.3) is 10.9 Å². The lowest BCUT2D eigenvalue weighted by Gasteiger charge is -2.14. The summed E-state index contributed by atoms with van der Waals surface area (Å²) in [5.74, 6) is -0.479. The highest BCUT2D eigenvalue weighted by atomic mass is 16.4. The normalized spacial score (nSPS) is 10.4. The monoisotopic (exact) mass is 216 g/mol. The lowest BCUT2D eigenvalue weighted by Crippen LogP contribution is -2.15. The number of anilines is 1. The lowest BCUT2D eigenvalue weighted by molar-refractivity contribution is 0.0697. The molecular weight excluding hydrogens is 204 g/mol. The van der Waals surface area contributed by atoms with Gasteiger partial charge < -0.3 is 10.0 Å². The van der Waals surface area contributed by atoms with Crippen LogP contribution in [0.4, 0.5) is 5.82 Å². The van der Waals surface area contributed by atoms with Crippen molar-refractivity contribution < 1.29 is 9.90 Å². The Morgan fingerprint density at radius 2 is 2.00 bits per heavy atom. The van der Waals surface area contributed by atoms with Crippen LogP contribution in [0, 0.1) is 0 Å². The molecule has 0 unspecified atom stereocenters. The molecule has 16 heavy (non-hydrogen) atoms. The zero-order valence-corrected chi connectivity index (χ0v) is 9.14. The molecule has 2 aromatic rings. The first-order valence-electron chi connectivity index (χ1n) is 4.90. The average Bonchev–Trinajstić information content (AvgIpc) is 2.27. The van der Waals surface area contributed by atoms with Crippen molar-refractivity contribution in [3.63, 3.8) is 0 Å². The predicted octanol–water partition coefficient (Wildman–Crippen LogP) is 2.00. The standard InChI is InChI=1S/C12H12N2O2/c1-14(2)11-9(12(15)16)7-8-5-3-4-6-10(8)13-11/h3-7H,1-2H3,(H,15,16). The molecule has 1 aromatic carbocycles. The van der Waals surface area contributed by atoms with E-state index in [1.54, 1.807) is 25.1 Å². The summed E-state index contributed by atoms with van der Waals surface area (Å²) in [5.41, 5.74) is 1.03.